The van der Waals surface area contributed by atoms with E-state index in [4.69, 9.17) is 4.74 Å². The van der Waals surface area contributed by atoms with Gasteiger partial charge in [0.15, 0.2) is 0 Å². The van der Waals surface area contributed by atoms with Crippen molar-refractivity contribution in [3.63, 3.8) is 0 Å². The third-order valence-electron chi connectivity index (χ3n) is 6.61. The summed E-state index contributed by atoms with van der Waals surface area (Å²) in [5.41, 5.74) is 2.73. The summed E-state index contributed by atoms with van der Waals surface area (Å²) in [6.07, 6.45) is 4.78. The molecule has 0 aromatic heterocycles. The van der Waals surface area contributed by atoms with Gasteiger partial charge in [-0.15, -0.1) is 0 Å². The minimum Gasteiger partial charge on any atom is -0.507 e. The lowest BCUT2D eigenvalue weighted by Gasteiger charge is -2.30. The van der Waals surface area contributed by atoms with Gasteiger partial charge in [-0.1, -0.05) is 57.9 Å². The van der Waals surface area contributed by atoms with Crippen molar-refractivity contribution in [2.45, 2.75) is 65.0 Å². The molecule has 4 rings (SSSR count). The van der Waals surface area contributed by atoms with Gasteiger partial charge in [0.1, 0.15) is 11.5 Å². The fraction of sp³-hybridized carbons (Fsp3) is 0.429. The number of aliphatic hydroxyl groups is 1. The van der Waals surface area contributed by atoms with E-state index in [-0.39, 0.29) is 17.4 Å². The van der Waals surface area contributed by atoms with Crippen LogP contribution >= 0.6 is 0 Å². The van der Waals surface area contributed by atoms with Crippen LogP contribution in [0.15, 0.2) is 54.1 Å². The third kappa shape index (κ3) is 4.68. The summed E-state index contributed by atoms with van der Waals surface area (Å²) in [6.45, 7) is 6.85. The summed E-state index contributed by atoms with van der Waals surface area (Å²) in [5, 5.41) is 11.2. The summed E-state index contributed by atoms with van der Waals surface area (Å²) < 4.78 is 5.74. The van der Waals surface area contributed by atoms with E-state index >= 15 is 0 Å². The maximum Gasteiger partial charge on any atom is 0.295 e. The highest BCUT2D eigenvalue weighted by atomic mass is 16.5. The number of rotatable bonds is 7. The lowest BCUT2D eigenvalue weighted by Crippen LogP contribution is -2.37. The maximum absolute atomic E-state index is 13.2. The molecular formula is C28H33NO4. The van der Waals surface area contributed by atoms with Crippen molar-refractivity contribution in [1.29, 1.82) is 0 Å². The standard InChI is InChI=1S/C28H33NO4/c1-4-19-9-11-20(12-10-19)25-24(27(31)28(32)29(25)22-7-5-6-8-22)26(30)21-13-15-23(16-14-21)33-17-18(2)3/h9-16,18,22,25,30H,4-8,17H2,1-3H3/b26-24-. The predicted molar refractivity (Wildman–Crippen MR) is 129 cm³/mol. The molecule has 1 unspecified atom stereocenters. The first-order chi connectivity index (χ1) is 15.9. The van der Waals surface area contributed by atoms with E-state index in [9.17, 15) is 14.7 Å². The summed E-state index contributed by atoms with van der Waals surface area (Å²) >= 11 is 0. The van der Waals surface area contributed by atoms with E-state index in [1.54, 1.807) is 29.2 Å². The highest BCUT2D eigenvalue weighted by Gasteiger charge is 2.49. The van der Waals surface area contributed by atoms with Gasteiger partial charge in [0, 0.05) is 11.6 Å². The van der Waals surface area contributed by atoms with Gasteiger partial charge in [-0.3, -0.25) is 9.59 Å². The number of ketones is 1. The van der Waals surface area contributed by atoms with Gasteiger partial charge in [-0.05, 0) is 60.6 Å². The monoisotopic (exact) mass is 447 g/mol. The van der Waals surface area contributed by atoms with Crippen LogP contribution in [0.3, 0.4) is 0 Å². The molecule has 5 nitrogen and oxygen atoms in total. The molecule has 1 heterocycles. The first-order valence-corrected chi connectivity index (χ1v) is 12.0. The number of carbonyl (C=O) groups is 2. The average molecular weight is 448 g/mol. The molecular weight excluding hydrogens is 414 g/mol. The molecule has 1 aliphatic carbocycles. The zero-order valence-corrected chi connectivity index (χ0v) is 19.7. The Bertz CT molecular complexity index is 1030. The largest absolute Gasteiger partial charge is 0.507 e. The number of Topliss-reactive ketones (excluding diaryl/α,β-unsaturated/α-hetero) is 1. The molecule has 2 fully saturated rings. The Balaban J connectivity index is 1.75. The number of carbonyl (C=O) groups excluding carboxylic acids is 2. The number of nitrogens with zero attached hydrogens (tertiary/aromatic N) is 1. The molecule has 33 heavy (non-hydrogen) atoms. The van der Waals surface area contributed by atoms with E-state index in [1.807, 2.05) is 24.3 Å². The fourth-order valence-corrected chi connectivity index (χ4v) is 4.80. The van der Waals surface area contributed by atoms with Crippen molar-refractivity contribution < 1.29 is 19.4 Å². The number of aliphatic hydroxyl groups excluding tert-OH is 1. The molecule has 1 amide bonds. The summed E-state index contributed by atoms with van der Waals surface area (Å²) in [6, 6.07) is 14.5. The number of amides is 1. The maximum atomic E-state index is 13.2. The summed E-state index contributed by atoms with van der Waals surface area (Å²) in [5.74, 6) is -0.134. The molecule has 0 spiro atoms. The van der Waals surface area contributed by atoms with Crippen molar-refractivity contribution >= 4 is 17.4 Å². The van der Waals surface area contributed by atoms with Gasteiger partial charge in [0.25, 0.3) is 11.7 Å². The van der Waals surface area contributed by atoms with Gasteiger partial charge >= 0.3 is 0 Å². The quantitative estimate of drug-likeness (QED) is 0.338. The molecule has 1 N–H and O–H groups in total. The molecule has 0 bridgehead atoms. The van der Waals surface area contributed by atoms with Crippen LogP contribution in [0.5, 0.6) is 5.75 Å². The highest BCUT2D eigenvalue weighted by Crippen LogP contribution is 2.43. The summed E-state index contributed by atoms with van der Waals surface area (Å²) in [7, 11) is 0. The van der Waals surface area contributed by atoms with Crippen LogP contribution < -0.4 is 4.74 Å². The SMILES string of the molecule is CCc1ccc(C2/C(=C(/O)c3ccc(OCC(C)C)cc3)C(=O)C(=O)N2C2CCCC2)cc1. The number of ether oxygens (including phenoxy) is 1. The Labute approximate surface area is 196 Å². The minimum absolute atomic E-state index is 0.0226. The van der Waals surface area contributed by atoms with E-state index in [2.05, 4.69) is 20.8 Å². The van der Waals surface area contributed by atoms with Crippen molar-refractivity contribution in [2.24, 2.45) is 5.92 Å². The third-order valence-corrected chi connectivity index (χ3v) is 6.61. The highest BCUT2D eigenvalue weighted by molar-refractivity contribution is 6.46. The van der Waals surface area contributed by atoms with Gasteiger partial charge in [0.05, 0.1) is 18.2 Å². The molecule has 2 aliphatic rings. The van der Waals surface area contributed by atoms with Crippen LogP contribution in [-0.4, -0.2) is 34.3 Å². The van der Waals surface area contributed by atoms with E-state index in [1.165, 1.54) is 5.56 Å². The second-order valence-electron chi connectivity index (χ2n) is 9.47. The molecule has 1 saturated heterocycles. The molecule has 2 aromatic rings. The Kier molecular flexibility index (Phi) is 6.87. The van der Waals surface area contributed by atoms with Gasteiger partial charge in [0.2, 0.25) is 0 Å². The van der Waals surface area contributed by atoms with Crippen LogP contribution in [0.2, 0.25) is 0 Å². The van der Waals surface area contributed by atoms with Gasteiger partial charge in [-0.2, -0.15) is 0 Å². The van der Waals surface area contributed by atoms with E-state index in [0.717, 1.165) is 37.7 Å². The molecule has 0 radical (unpaired) electrons. The molecule has 1 atom stereocenters. The lowest BCUT2D eigenvalue weighted by atomic mass is 9.94. The Morgan fingerprint density at radius 3 is 2.24 bits per heavy atom. The number of hydrogen-bond donors (Lipinski definition) is 1. The predicted octanol–water partition coefficient (Wildman–Crippen LogP) is 5.65. The molecule has 1 saturated carbocycles. The van der Waals surface area contributed by atoms with Gasteiger partial charge in [-0.25, -0.2) is 0 Å². The first kappa shape index (κ1) is 23.1. The molecule has 1 aliphatic heterocycles. The second-order valence-corrected chi connectivity index (χ2v) is 9.47. The zero-order valence-electron chi connectivity index (χ0n) is 19.7. The Hall–Kier alpha value is -3.08. The smallest absolute Gasteiger partial charge is 0.295 e. The normalized spacial score (nSPS) is 20.7. The molecule has 174 valence electrons. The van der Waals surface area contributed by atoms with Crippen LogP contribution in [0.4, 0.5) is 0 Å². The van der Waals surface area contributed by atoms with Crippen molar-refractivity contribution in [1.82, 2.24) is 4.90 Å². The van der Waals surface area contributed by atoms with Crippen LogP contribution in [-0.2, 0) is 16.0 Å². The van der Waals surface area contributed by atoms with E-state index < -0.39 is 17.7 Å². The zero-order chi connectivity index (χ0) is 23.5. The number of hydrogen-bond acceptors (Lipinski definition) is 4. The van der Waals surface area contributed by atoms with Crippen LogP contribution in [0.1, 0.15) is 69.2 Å². The average Bonchev–Trinajstić information content (AvgIpc) is 3.44. The Morgan fingerprint density at radius 2 is 1.67 bits per heavy atom. The van der Waals surface area contributed by atoms with Gasteiger partial charge < -0.3 is 14.7 Å². The molecule has 5 heteroatoms. The molecule has 2 aromatic carbocycles. The number of aryl methyl sites for hydroxylation is 1. The number of benzene rings is 2. The Morgan fingerprint density at radius 1 is 1.03 bits per heavy atom. The van der Waals surface area contributed by atoms with Crippen molar-refractivity contribution in [2.75, 3.05) is 6.61 Å². The van der Waals surface area contributed by atoms with E-state index in [0.29, 0.717) is 23.8 Å². The van der Waals surface area contributed by atoms with Crippen LogP contribution in [0.25, 0.3) is 5.76 Å². The first-order valence-electron chi connectivity index (χ1n) is 12.0. The van der Waals surface area contributed by atoms with Crippen LogP contribution in [0, 0.1) is 5.92 Å². The van der Waals surface area contributed by atoms with Crippen molar-refractivity contribution in [3.05, 3.63) is 70.8 Å². The van der Waals surface area contributed by atoms with Crippen molar-refractivity contribution in [3.8, 4) is 5.75 Å². The lowest BCUT2D eigenvalue weighted by molar-refractivity contribution is -0.141. The summed E-state index contributed by atoms with van der Waals surface area (Å²) in [4.78, 5) is 28.1. The minimum atomic E-state index is -0.607. The number of likely N-dealkylation sites (tertiary alicyclic amines) is 1. The fourth-order valence-electron chi connectivity index (χ4n) is 4.80. The second kappa shape index (κ2) is 9.82. The topological polar surface area (TPSA) is 66.8 Å².